The molecule has 2 saturated heterocycles. The highest BCUT2D eigenvalue weighted by atomic mass is 16.4. The molecule has 2 aromatic rings. The Morgan fingerprint density at radius 3 is 1.29 bits per heavy atom. The van der Waals surface area contributed by atoms with Crippen molar-refractivity contribution in [1.82, 2.24) is 46.2 Å². The molecule has 560 valence electrons. The highest BCUT2D eigenvalue weighted by Crippen LogP contribution is 2.43. The lowest BCUT2D eigenvalue weighted by Gasteiger charge is -2.42. The van der Waals surface area contributed by atoms with E-state index in [-0.39, 0.29) is 108 Å². The molecule has 0 unspecified atom stereocenters. The van der Waals surface area contributed by atoms with Gasteiger partial charge in [0.05, 0.1) is 19.6 Å². The fraction of sp³-hybridized carbons (Fsp3) is 0.648. The lowest BCUT2D eigenvalue weighted by atomic mass is 9.84. The third-order valence-electron chi connectivity index (χ3n) is 21.1. The number of carboxylic acids is 2. The highest BCUT2D eigenvalue weighted by molar-refractivity contribution is 6.00. The summed E-state index contributed by atoms with van der Waals surface area (Å²) in [7, 11) is 0. The molecule has 8 rings (SSSR count). The molecule has 4 fully saturated rings. The number of carbonyl (C=O) groups is 11. The Morgan fingerprint density at radius 1 is 0.471 bits per heavy atom. The lowest BCUT2D eigenvalue weighted by molar-refractivity contribution is -0.154. The summed E-state index contributed by atoms with van der Waals surface area (Å²) in [5.41, 5.74) is 30.3. The van der Waals surface area contributed by atoms with Crippen LogP contribution in [0.5, 0.6) is 0 Å². The third-order valence-corrected chi connectivity index (χ3v) is 21.1. The van der Waals surface area contributed by atoms with Crippen molar-refractivity contribution < 1.29 is 73.2 Å². The average molecular weight is 1420 g/mol. The van der Waals surface area contributed by atoms with E-state index in [9.17, 15) is 54.0 Å². The molecule has 4 aliphatic heterocycles. The number of nitrogens with one attached hydrogen (secondary N) is 5. The Morgan fingerprint density at radius 2 is 0.873 bits per heavy atom. The predicted octanol–water partition coefficient (Wildman–Crippen LogP) is -0.243. The molecule has 2 aliphatic carbocycles. The number of guanidine groups is 2. The van der Waals surface area contributed by atoms with Crippen LogP contribution in [0, 0.1) is 11.8 Å². The summed E-state index contributed by atoms with van der Waals surface area (Å²) in [5.74, 6) is -10.3. The number of aliphatic hydroxyl groups excluding tert-OH is 2. The van der Waals surface area contributed by atoms with E-state index in [4.69, 9.17) is 28.7 Å². The first-order valence-corrected chi connectivity index (χ1v) is 36.4. The van der Waals surface area contributed by atoms with Crippen LogP contribution >= 0.6 is 0 Å². The van der Waals surface area contributed by atoms with Crippen LogP contribution in [0.4, 0.5) is 0 Å². The molecule has 31 nitrogen and oxygen atoms in total. The fourth-order valence-corrected chi connectivity index (χ4v) is 15.8. The number of rotatable bonds is 36. The maximum atomic E-state index is 15.5. The first-order valence-electron chi connectivity index (χ1n) is 36.4. The minimum Gasteiger partial charge on any atom is -0.480 e. The van der Waals surface area contributed by atoms with E-state index in [1.165, 1.54) is 19.6 Å². The number of nitrogens with zero attached hydrogens (tertiary/aromatic N) is 6. The summed E-state index contributed by atoms with van der Waals surface area (Å²) >= 11 is 0. The fourth-order valence-electron chi connectivity index (χ4n) is 15.8. The van der Waals surface area contributed by atoms with Gasteiger partial charge in [0.2, 0.25) is 53.2 Å². The summed E-state index contributed by atoms with van der Waals surface area (Å²) in [6.07, 6.45) is 12.3. The van der Waals surface area contributed by atoms with Crippen molar-refractivity contribution in [3.05, 3.63) is 70.8 Å². The molecular formula is C71H106N16O15. The van der Waals surface area contributed by atoms with Crippen molar-refractivity contribution in [1.29, 1.82) is 0 Å². The normalized spacial score (nSPS) is 22.7. The third kappa shape index (κ3) is 20.9. The van der Waals surface area contributed by atoms with Crippen LogP contribution < -0.4 is 55.3 Å². The number of carbonyl (C=O) groups excluding carboxylic acids is 9. The minimum absolute atomic E-state index is 0.0174. The van der Waals surface area contributed by atoms with Crippen molar-refractivity contribution in [3.8, 4) is 0 Å². The van der Waals surface area contributed by atoms with Crippen LogP contribution in [-0.4, -0.2) is 216 Å². The minimum atomic E-state index is -1.80. The number of aliphatic hydroxyl groups is 2. The zero-order valence-electron chi connectivity index (χ0n) is 58.3. The quantitative estimate of drug-likeness (QED) is 0.0238. The number of likely N-dealkylation sites (tertiary alicyclic amines) is 2. The zero-order chi connectivity index (χ0) is 73.6. The topological polar surface area (TPSA) is 497 Å². The number of aliphatic carboxylic acids is 2. The Labute approximate surface area is 594 Å². The van der Waals surface area contributed by atoms with Gasteiger partial charge in [0.1, 0.15) is 54.4 Å². The molecule has 0 radical (unpaired) electrons. The molecule has 13 atom stereocenters. The second-order valence-corrected chi connectivity index (χ2v) is 28.1. The Kier molecular flexibility index (Phi) is 29.6. The SMILES string of the molecule is NCCCCCCCCCCC(=O)N[C@H](CC(=O)N[C@@H](CO)C(=O)N1Cc2ccccc2C[C@@H]1C(=O)N1[C@H](C(=O)N[C@@H](CCCN=C(N)N)C(=O)O)C[C@@H]2CCCC[C@@H]21)C(=O)N[C@@H](CO)C(=O)N1Cc2ccccc2C[C@@H]1C(=O)N1[C@H](C(=O)N[C@@H](CCCN=C(N)N)C(=O)O)C[C@@H]2CCCC[C@@H]21. The van der Waals surface area contributed by atoms with E-state index >= 15 is 19.2 Å². The van der Waals surface area contributed by atoms with Gasteiger partial charge in [-0.25, -0.2) is 9.59 Å². The summed E-state index contributed by atoms with van der Waals surface area (Å²) < 4.78 is 0. The number of hydrogen-bond acceptors (Lipinski definition) is 16. The van der Waals surface area contributed by atoms with Gasteiger partial charge in [-0.2, -0.15) is 0 Å². The molecule has 19 N–H and O–H groups in total. The van der Waals surface area contributed by atoms with Crippen molar-refractivity contribution in [3.63, 3.8) is 0 Å². The summed E-state index contributed by atoms with van der Waals surface area (Å²) in [6, 6.07) is 0.519. The Bertz CT molecular complexity index is 3350. The van der Waals surface area contributed by atoms with Crippen molar-refractivity contribution in [2.24, 2.45) is 50.5 Å². The van der Waals surface area contributed by atoms with Crippen molar-refractivity contribution in [2.75, 3.05) is 32.8 Å². The average Bonchev–Trinajstić information content (AvgIpc) is 1.52. The molecule has 2 saturated carbocycles. The number of hydrogen-bond donors (Lipinski definition) is 14. The molecule has 0 aromatic heterocycles. The maximum absolute atomic E-state index is 15.5. The van der Waals surface area contributed by atoms with E-state index in [2.05, 4.69) is 36.6 Å². The van der Waals surface area contributed by atoms with Gasteiger partial charge in [-0.3, -0.25) is 53.1 Å². The van der Waals surface area contributed by atoms with E-state index < -0.39 is 151 Å². The summed E-state index contributed by atoms with van der Waals surface area (Å²) in [4.78, 5) is 172. The predicted molar refractivity (Wildman–Crippen MR) is 375 cm³/mol. The second-order valence-electron chi connectivity index (χ2n) is 28.1. The van der Waals surface area contributed by atoms with Gasteiger partial charge >= 0.3 is 11.9 Å². The number of benzene rings is 2. The van der Waals surface area contributed by atoms with Crippen LogP contribution in [-0.2, 0) is 78.7 Å². The molecule has 6 aliphatic rings. The van der Waals surface area contributed by atoms with E-state index in [0.717, 1.165) is 75.3 Å². The first kappa shape index (κ1) is 78.7. The standard InChI is InChI=1S/C71H106N16O15/c72-30-16-6-4-2-1-3-5-7-29-59(90)79-50(61(92)83-52(41-89)65(96)85-39-47-24-11-9-20-43(47)34-58(85)67(98)87-54-28-15-13-22-45(54)36-56(87)63(94)82-49(69(101)102)26-18-32-78-71(75)76)37-60(91)80-51(40-88)64(95)84-38-46-23-10-8-19-42(46)33-57(84)66(97)86-53-27-14-12-21-44(53)35-55(86)62(93)81-48(68(99)100)25-17-31-77-70(73)74/h8-11,19-20,23-24,44-45,48-58,88-89H,1-7,12-18,21-22,25-41,72H2,(H,79,90)(H,80,91)(H,81,93)(H,82,94)(H,83,92)(H,99,100)(H,101,102)(H4,73,74,77)(H4,75,76,78)/t44-,45-,48-,49-,50+,51-,52-,53-,54-,55-,56-,57+,58+/m0/s1. The highest BCUT2D eigenvalue weighted by Gasteiger charge is 2.54. The monoisotopic (exact) mass is 1420 g/mol. The Hall–Kier alpha value is -8.97. The zero-order valence-corrected chi connectivity index (χ0v) is 58.3. The van der Waals surface area contributed by atoms with Gasteiger partial charge in [0, 0.05) is 57.5 Å². The number of fused-ring (bicyclic) bond motifs is 4. The van der Waals surface area contributed by atoms with Gasteiger partial charge < -0.3 is 95.3 Å². The molecule has 31 heteroatoms. The van der Waals surface area contributed by atoms with Gasteiger partial charge in [-0.05, 0) is 118 Å². The molecule has 0 spiro atoms. The molecule has 102 heavy (non-hydrogen) atoms. The van der Waals surface area contributed by atoms with Crippen LogP contribution in [0.15, 0.2) is 58.5 Å². The molecule has 2 aromatic carbocycles. The van der Waals surface area contributed by atoms with Crippen LogP contribution in [0.2, 0.25) is 0 Å². The largest absolute Gasteiger partial charge is 0.480 e. The lowest BCUT2D eigenvalue weighted by Crippen LogP contribution is -2.63. The van der Waals surface area contributed by atoms with E-state index in [1.54, 1.807) is 36.4 Å². The number of amides is 9. The molecule has 9 amide bonds. The maximum Gasteiger partial charge on any atom is 0.326 e. The van der Waals surface area contributed by atoms with Crippen molar-refractivity contribution >= 4 is 77.0 Å². The smallest absolute Gasteiger partial charge is 0.326 e. The van der Waals surface area contributed by atoms with E-state index in [0.29, 0.717) is 56.2 Å². The molecular weight excluding hydrogens is 1320 g/mol. The number of aliphatic imine (C=N–C) groups is 2. The molecule has 0 bridgehead atoms. The Balaban J connectivity index is 1.02. The first-order chi connectivity index (χ1) is 49.0. The van der Waals surface area contributed by atoms with E-state index in [1.807, 2.05) is 12.1 Å². The van der Waals surface area contributed by atoms with Crippen LogP contribution in [0.3, 0.4) is 0 Å². The molecule has 4 heterocycles. The number of nitrogens with two attached hydrogens (primary N) is 5. The van der Waals surface area contributed by atoms with Gasteiger partial charge in [-0.1, -0.05) is 113 Å². The van der Waals surface area contributed by atoms with Crippen molar-refractivity contribution in [2.45, 2.75) is 246 Å². The summed E-state index contributed by atoms with van der Waals surface area (Å²) in [6.45, 7) is -1.54. The van der Waals surface area contributed by atoms with Gasteiger partial charge in [0.25, 0.3) is 0 Å². The van der Waals surface area contributed by atoms with Crippen LogP contribution in [0.25, 0.3) is 0 Å². The van der Waals surface area contributed by atoms with Gasteiger partial charge in [-0.15, -0.1) is 0 Å². The van der Waals surface area contributed by atoms with Gasteiger partial charge in [0.15, 0.2) is 11.9 Å². The number of carboxylic acid groups (broad SMARTS) is 2. The van der Waals surface area contributed by atoms with Crippen LogP contribution in [0.1, 0.15) is 176 Å². The number of unbranched alkanes of at least 4 members (excludes halogenated alkanes) is 7. The second kappa shape index (κ2) is 38.3. The summed E-state index contributed by atoms with van der Waals surface area (Å²) in [5, 5.41) is 55.6.